The van der Waals surface area contributed by atoms with Crippen molar-refractivity contribution in [1.82, 2.24) is 0 Å². The Morgan fingerprint density at radius 3 is 2.64 bits per heavy atom. The van der Waals surface area contributed by atoms with Gasteiger partial charge in [-0.15, -0.1) is 11.3 Å². The third kappa shape index (κ3) is 2.40. The molecule has 0 bridgehead atoms. The van der Waals surface area contributed by atoms with Gasteiger partial charge in [0.05, 0.1) is 9.89 Å². The van der Waals surface area contributed by atoms with E-state index in [0.717, 1.165) is 25.5 Å². The summed E-state index contributed by atoms with van der Waals surface area (Å²) in [6.45, 7) is 0. The zero-order valence-electron chi connectivity index (χ0n) is 7.67. The van der Waals surface area contributed by atoms with Crippen LogP contribution in [0.15, 0.2) is 14.3 Å². The van der Waals surface area contributed by atoms with Crippen molar-refractivity contribution in [3.8, 4) is 0 Å². The average molecular weight is 340 g/mol. The lowest BCUT2D eigenvalue weighted by Crippen LogP contribution is -2.14. The van der Waals surface area contributed by atoms with E-state index in [-0.39, 0.29) is 6.10 Å². The van der Waals surface area contributed by atoms with Crippen LogP contribution in [-0.4, -0.2) is 5.11 Å². The molecule has 1 N–H and O–H groups in total. The SMILES string of the molecule is OC(CC1CCC1)c1cc(Br)c(Br)s1. The first-order valence-electron chi connectivity index (χ1n) is 4.79. The van der Waals surface area contributed by atoms with Gasteiger partial charge < -0.3 is 5.11 Å². The highest BCUT2D eigenvalue weighted by Crippen LogP contribution is 2.40. The van der Waals surface area contributed by atoms with Gasteiger partial charge in [-0.05, 0) is 50.3 Å². The maximum Gasteiger partial charge on any atom is 0.0885 e. The van der Waals surface area contributed by atoms with E-state index in [1.54, 1.807) is 11.3 Å². The molecule has 1 unspecified atom stereocenters. The van der Waals surface area contributed by atoms with Crippen LogP contribution in [0.2, 0.25) is 0 Å². The van der Waals surface area contributed by atoms with Crippen LogP contribution in [0.3, 0.4) is 0 Å². The summed E-state index contributed by atoms with van der Waals surface area (Å²) >= 11 is 8.50. The van der Waals surface area contributed by atoms with Gasteiger partial charge in [0.15, 0.2) is 0 Å². The molecular weight excluding hydrogens is 328 g/mol. The molecule has 1 nitrogen and oxygen atoms in total. The molecule has 0 aromatic carbocycles. The van der Waals surface area contributed by atoms with E-state index in [2.05, 4.69) is 31.9 Å². The quantitative estimate of drug-likeness (QED) is 0.859. The van der Waals surface area contributed by atoms with E-state index in [0.29, 0.717) is 0 Å². The Morgan fingerprint density at radius 1 is 1.50 bits per heavy atom. The topological polar surface area (TPSA) is 20.2 Å². The summed E-state index contributed by atoms with van der Waals surface area (Å²) in [6, 6.07) is 2.01. The summed E-state index contributed by atoms with van der Waals surface area (Å²) in [5.74, 6) is 0.754. The Labute approximate surface area is 105 Å². The molecule has 1 aromatic heterocycles. The van der Waals surface area contributed by atoms with Crippen molar-refractivity contribution in [3.05, 3.63) is 19.2 Å². The maximum absolute atomic E-state index is 9.96. The average Bonchev–Trinajstić information content (AvgIpc) is 2.40. The Bertz CT molecular complexity index is 300. The molecule has 0 aliphatic heterocycles. The van der Waals surface area contributed by atoms with Gasteiger partial charge in [-0.1, -0.05) is 19.3 Å². The smallest absolute Gasteiger partial charge is 0.0885 e. The van der Waals surface area contributed by atoms with Gasteiger partial charge in [-0.2, -0.15) is 0 Å². The molecule has 1 fully saturated rings. The van der Waals surface area contributed by atoms with Crippen LogP contribution in [0, 0.1) is 5.92 Å². The first-order valence-corrected chi connectivity index (χ1v) is 7.20. The second-order valence-corrected chi connectivity index (χ2v) is 7.07. The Balaban J connectivity index is 1.98. The standard InChI is InChI=1S/C10H12Br2OS/c11-7-5-9(14-10(7)12)8(13)4-6-2-1-3-6/h5-6,8,13H,1-4H2. The van der Waals surface area contributed by atoms with Gasteiger partial charge in [-0.25, -0.2) is 0 Å². The number of hydrogen-bond donors (Lipinski definition) is 1. The molecule has 14 heavy (non-hydrogen) atoms. The first-order chi connectivity index (χ1) is 6.66. The molecule has 4 heteroatoms. The van der Waals surface area contributed by atoms with E-state index in [1.165, 1.54) is 19.3 Å². The molecule has 1 heterocycles. The Kier molecular flexibility index (Phi) is 3.68. The van der Waals surface area contributed by atoms with Crippen LogP contribution in [0.25, 0.3) is 0 Å². The molecular formula is C10H12Br2OS. The fraction of sp³-hybridized carbons (Fsp3) is 0.600. The molecule has 1 saturated carbocycles. The third-order valence-electron chi connectivity index (χ3n) is 2.77. The Hall–Kier alpha value is 0.620. The van der Waals surface area contributed by atoms with Crippen LogP contribution in [0.1, 0.15) is 36.7 Å². The van der Waals surface area contributed by atoms with Crippen LogP contribution in [0.5, 0.6) is 0 Å². The first kappa shape index (κ1) is 11.1. The molecule has 1 aliphatic carbocycles. The summed E-state index contributed by atoms with van der Waals surface area (Å²) in [4.78, 5) is 1.07. The summed E-state index contributed by atoms with van der Waals surface area (Å²) in [7, 11) is 0. The molecule has 1 aromatic rings. The number of thiophene rings is 1. The summed E-state index contributed by atoms with van der Waals surface area (Å²) in [5.41, 5.74) is 0. The summed E-state index contributed by atoms with van der Waals surface area (Å²) < 4.78 is 2.12. The van der Waals surface area contributed by atoms with E-state index >= 15 is 0 Å². The fourth-order valence-electron chi connectivity index (χ4n) is 1.69. The minimum Gasteiger partial charge on any atom is -0.388 e. The van der Waals surface area contributed by atoms with Crippen molar-refractivity contribution < 1.29 is 5.11 Å². The highest BCUT2D eigenvalue weighted by atomic mass is 79.9. The van der Waals surface area contributed by atoms with Gasteiger partial charge in [0.1, 0.15) is 0 Å². The van der Waals surface area contributed by atoms with Crippen molar-refractivity contribution in [2.45, 2.75) is 31.8 Å². The lowest BCUT2D eigenvalue weighted by molar-refractivity contribution is 0.121. The third-order valence-corrected chi connectivity index (χ3v) is 6.13. The normalized spacial score (nSPS) is 19.4. The lowest BCUT2D eigenvalue weighted by atomic mass is 9.81. The minimum atomic E-state index is -0.270. The highest BCUT2D eigenvalue weighted by Gasteiger charge is 2.23. The predicted octanol–water partition coefficient (Wildman–Crippen LogP) is 4.50. The van der Waals surface area contributed by atoms with Crippen molar-refractivity contribution in [1.29, 1.82) is 0 Å². The summed E-state index contributed by atoms with van der Waals surface area (Å²) in [6.07, 6.45) is 4.59. The molecule has 2 rings (SSSR count). The lowest BCUT2D eigenvalue weighted by Gasteiger charge is -2.27. The molecule has 0 radical (unpaired) electrons. The van der Waals surface area contributed by atoms with Crippen LogP contribution < -0.4 is 0 Å². The monoisotopic (exact) mass is 338 g/mol. The van der Waals surface area contributed by atoms with Crippen molar-refractivity contribution in [3.63, 3.8) is 0 Å². The zero-order chi connectivity index (χ0) is 10.1. The van der Waals surface area contributed by atoms with E-state index in [9.17, 15) is 5.11 Å². The van der Waals surface area contributed by atoms with Crippen LogP contribution in [-0.2, 0) is 0 Å². The molecule has 1 atom stereocenters. The molecule has 0 spiro atoms. The number of rotatable bonds is 3. The van der Waals surface area contributed by atoms with Crippen molar-refractivity contribution in [2.24, 2.45) is 5.92 Å². The molecule has 1 aliphatic rings. The van der Waals surface area contributed by atoms with Gasteiger partial charge in [0.25, 0.3) is 0 Å². The predicted molar refractivity (Wildman–Crippen MR) is 66.6 cm³/mol. The van der Waals surface area contributed by atoms with Crippen LogP contribution >= 0.6 is 43.2 Å². The summed E-state index contributed by atoms with van der Waals surface area (Å²) in [5, 5.41) is 9.96. The van der Waals surface area contributed by atoms with E-state index < -0.39 is 0 Å². The van der Waals surface area contributed by atoms with Crippen LogP contribution in [0.4, 0.5) is 0 Å². The second-order valence-electron chi connectivity index (χ2n) is 3.82. The van der Waals surface area contributed by atoms with Gasteiger partial charge in [0.2, 0.25) is 0 Å². The molecule has 0 amide bonds. The molecule has 0 saturated heterocycles. The fourth-order valence-corrected chi connectivity index (χ4v) is 3.78. The largest absolute Gasteiger partial charge is 0.388 e. The second kappa shape index (κ2) is 4.64. The number of hydrogen-bond acceptors (Lipinski definition) is 2. The van der Waals surface area contributed by atoms with Gasteiger partial charge >= 0.3 is 0 Å². The number of aliphatic hydroxyl groups is 1. The van der Waals surface area contributed by atoms with Crippen molar-refractivity contribution >= 4 is 43.2 Å². The number of aliphatic hydroxyl groups excluding tert-OH is 1. The van der Waals surface area contributed by atoms with E-state index in [1.807, 2.05) is 6.07 Å². The molecule has 78 valence electrons. The zero-order valence-corrected chi connectivity index (χ0v) is 11.7. The number of halogens is 2. The van der Waals surface area contributed by atoms with Gasteiger partial charge in [-0.3, -0.25) is 0 Å². The Morgan fingerprint density at radius 2 is 2.21 bits per heavy atom. The van der Waals surface area contributed by atoms with E-state index in [4.69, 9.17) is 0 Å². The highest BCUT2D eigenvalue weighted by molar-refractivity contribution is 9.13. The van der Waals surface area contributed by atoms with Crippen molar-refractivity contribution in [2.75, 3.05) is 0 Å². The minimum absolute atomic E-state index is 0.270. The van der Waals surface area contributed by atoms with Gasteiger partial charge in [0, 0.05) is 9.35 Å². The maximum atomic E-state index is 9.96.